The van der Waals surface area contributed by atoms with E-state index in [0.717, 1.165) is 18.7 Å². The van der Waals surface area contributed by atoms with Crippen molar-refractivity contribution in [2.45, 2.75) is 37.3 Å². The Bertz CT molecular complexity index is 650. The van der Waals surface area contributed by atoms with Gasteiger partial charge in [-0.25, -0.2) is 9.97 Å². The molecular formula is C18H24N4OS. The van der Waals surface area contributed by atoms with Crippen LogP contribution in [-0.4, -0.2) is 39.6 Å². The van der Waals surface area contributed by atoms with Gasteiger partial charge in [-0.05, 0) is 37.7 Å². The topological polar surface area (TPSA) is 58.1 Å². The van der Waals surface area contributed by atoms with Crippen LogP contribution in [0.5, 0.6) is 0 Å². The number of benzene rings is 1. The van der Waals surface area contributed by atoms with Gasteiger partial charge in [-0.2, -0.15) is 0 Å². The Morgan fingerprint density at radius 1 is 1.25 bits per heavy atom. The van der Waals surface area contributed by atoms with Crippen molar-refractivity contribution < 1.29 is 4.79 Å². The van der Waals surface area contributed by atoms with Gasteiger partial charge in [0, 0.05) is 25.5 Å². The van der Waals surface area contributed by atoms with E-state index in [-0.39, 0.29) is 11.2 Å². The van der Waals surface area contributed by atoms with E-state index in [0.29, 0.717) is 11.7 Å². The second-order valence-corrected chi connectivity index (χ2v) is 6.97. The molecule has 0 spiro atoms. The van der Waals surface area contributed by atoms with Crippen LogP contribution >= 0.6 is 11.8 Å². The molecule has 0 aliphatic rings. The summed E-state index contributed by atoms with van der Waals surface area (Å²) in [5.41, 5.74) is 2.37. The van der Waals surface area contributed by atoms with Gasteiger partial charge in [0.1, 0.15) is 0 Å². The number of thioether (sulfide) groups is 1. The molecule has 24 heavy (non-hydrogen) atoms. The van der Waals surface area contributed by atoms with E-state index in [4.69, 9.17) is 0 Å². The van der Waals surface area contributed by atoms with Crippen molar-refractivity contribution >= 4 is 17.7 Å². The lowest BCUT2D eigenvalue weighted by Gasteiger charge is -2.15. The van der Waals surface area contributed by atoms with Crippen molar-refractivity contribution in [2.75, 3.05) is 13.6 Å². The van der Waals surface area contributed by atoms with Crippen LogP contribution in [0.25, 0.3) is 0 Å². The molecule has 0 fully saturated rings. The molecule has 0 radical (unpaired) electrons. The van der Waals surface area contributed by atoms with Gasteiger partial charge in [-0.3, -0.25) is 4.79 Å². The molecule has 1 amide bonds. The average molecular weight is 344 g/mol. The first kappa shape index (κ1) is 18.4. The summed E-state index contributed by atoms with van der Waals surface area (Å²) in [6.07, 6.45) is 3.36. The van der Waals surface area contributed by atoms with Crippen LogP contribution in [0, 0.1) is 0 Å². The summed E-state index contributed by atoms with van der Waals surface area (Å²) >= 11 is 1.36. The third-order valence-electron chi connectivity index (χ3n) is 3.64. The molecule has 2 aromatic rings. The van der Waals surface area contributed by atoms with Crippen LogP contribution in [0.3, 0.4) is 0 Å². The highest BCUT2D eigenvalue weighted by atomic mass is 32.2. The summed E-state index contributed by atoms with van der Waals surface area (Å²) in [6.45, 7) is 6.46. The number of aromatic nitrogens is 2. The van der Waals surface area contributed by atoms with Crippen molar-refractivity contribution in [3.63, 3.8) is 0 Å². The molecule has 0 saturated heterocycles. The molecule has 1 aromatic heterocycles. The van der Waals surface area contributed by atoms with Crippen LogP contribution in [0.4, 0.5) is 0 Å². The second kappa shape index (κ2) is 9.39. The minimum atomic E-state index is -0.234. The SMILES string of the molecule is CCN(C)Cc1cccc(CNC(=O)[C@H](C)Sc2ncccn2)c1. The second-order valence-electron chi connectivity index (χ2n) is 5.66. The lowest BCUT2D eigenvalue weighted by atomic mass is 10.1. The number of nitrogens with zero attached hydrogens (tertiary/aromatic N) is 3. The Morgan fingerprint density at radius 2 is 1.96 bits per heavy atom. The quantitative estimate of drug-likeness (QED) is 0.589. The lowest BCUT2D eigenvalue weighted by Crippen LogP contribution is -2.30. The van der Waals surface area contributed by atoms with E-state index < -0.39 is 0 Å². The van der Waals surface area contributed by atoms with Crippen molar-refractivity contribution in [3.8, 4) is 0 Å². The van der Waals surface area contributed by atoms with E-state index in [9.17, 15) is 4.79 Å². The zero-order valence-electron chi connectivity index (χ0n) is 14.4. The third kappa shape index (κ3) is 5.94. The molecule has 1 atom stereocenters. The van der Waals surface area contributed by atoms with Gasteiger partial charge in [0.2, 0.25) is 5.91 Å². The largest absolute Gasteiger partial charge is 0.351 e. The highest BCUT2D eigenvalue weighted by Gasteiger charge is 2.15. The first-order valence-corrected chi connectivity index (χ1v) is 8.94. The maximum absolute atomic E-state index is 12.2. The van der Waals surface area contributed by atoms with Gasteiger partial charge >= 0.3 is 0 Å². The van der Waals surface area contributed by atoms with Gasteiger partial charge < -0.3 is 10.2 Å². The number of amides is 1. The molecule has 1 heterocycles. The van der Waals surface area contributed by atoms with E-state index in [1.54, 1.807) is 18.5 Å². The van der Waals surface area contributed by atoms with Crippen LogP contribution in [0.1, 0.15) is 25.0 Å². The van der Waals surface area contributed by atoms with E-state index in [1.807, 2.05) is 19.1 Å². The zero-order chi connectivity index (χ0) is 17.4. The monoisotopic (exact) mass is 344 g/mol. The Hall–Kier alpha value is -1.92. The molecule has 0 unspecified atom stereocenters. The highest BCUT2D eigenvalue weighted by Crippen LogP contribution is 2.18. The van der Waals surface area contributed by atoms with Crippen LogP contribution in [-0.2, 0) is 17.9 Å². The minimum Gasteiger partial charge on any atom is -0.351 e. The van der Waals surface area contributed by atoms with Crippen LogP contribution < -0.4 is 5.32 Å². The average Bonchev–Trinajstić information content (AvgIpc) is 2.60. The van der Waals surface area contributed by atoms with Crippen LogP contribution in [0.15, 0.2) is 47.9 Å². The predicted molar refractivity (Wildman–Crippen MR) is 97.6 cm³/mol. The molecule has 0 bridgehead atoms. The number of hydrogen-bond donors (Lipinski definition) is 1. The maximum Gasteiger partial charge on any atom is 0.233 e. The van der Waals surface area contributed by atoms with Gasteiger partial charge in [0.25, 0.3) is 0 Å². The number of carbonyl (C=O) groups is 1. The Labute approximate surface area is 147 Å². The maximum atomic E-state index is 12.2. The first-order valence-electron chi connectivity index (χ1n) is 8.06. The molecule has 5 nitrogen and oxygen atoms in total. The third-order valence-corrected chi connectivity index (χ3v) is 4.63. The molecular weight excluding hydrogens is 320 g/mol. The molecule has 1 N–H and O–H groups in total. The fourth-order valence-corrected chi connectivity index (χ4v) is 2.90. The first-order chi connectivity index (χ1) is 11.6. The summed E-state index contributed by atoms with van der Waals surface area (Å²) in [6, 6.07) is 10.1. The summed E-state index contributed by atoms with van der Waals surface area (Å²) in [4.78, 5) is 22.7. The highest BCUT2D eigenvalue weighted by molar-refractivity contribution is 8.00. The van der Waals surface area contributed by atoms with E-state index in [1.165, 1.54) is 17.3 Å². The smallest absolute Gasteiger partial charge is 0.233 e. The number of rotatable bonds is 8. The molecule has 128 valence electrons. The van der Waals surface area contributed by atoms with Gasteiger partial charge in [-0.15, -0.1) is 0 Å². The van der Waals surface area contributed by atoms with Gasteiger partial charge in [0.15, 0.2) is 5.16 Å². The normalized spacial score (nSPS) is 12.2. The fourth-order valence-electron chi connectivity index (χ4n) is 2.15. The summed E-state index contributed by atoms with van der Waals surface area (Å²) in [7, 11) is 2.10. The summed E-state index contributed by atoms with van der Waals surface area (Å²) in [5, 5.41) is 3.37. The van der Waals surface area contributed by atoms with Crippen molar-refractivity contribution in [1.82, 2.24) is 20.2 Å². The minimum absolute atomic E-state index is 0.0106. The summed E-state index contributed by atoms with van der Waals surface area (Å²) in [5.74, 6) is -0.0106. The standard InChI is InChI=1S/C18H24N4OS/c1-4-22(3)13-16-8-5-7-15(11-16)12-21-17(23)14(2)24-18-19-9-6-10-20-18/h5-11,14H,4,12-13H2,1-3H3,(H,21,23)/t14-/m0/s1. The lowest BCUT2D eigenvalue weighted by molar-refractivity contribution is -0.120. The number of carbonyl (C=O) groups excluding carboxylic acids is 1. The Morgan fingerprint density at radius 3 is 2.67 bits per heavy atom. The molecule has 6 heteroatoms. The van der Waals surface area contributed by atoms with Gasteiger partial charge in [0.05, 0.1) is 5.25 Å². The van der Waals surface area contributed by atoms with Crippen molar-refractivity contribution in [2.24, 2.45) is 0 Å². The molecule has 2 rings (SSSR count). The zero-order valence-corrected chi connectivity index (χ0v) is 15.2. The molecule has 0 saturated carbocycles. The van der Waals surface area contributed by atoms with Gasteiger partial charge in [-0.1, -0.05) is 43.0 Å². The fraction of sp³-hybridized carbons (Fsp3) is 0.389. The molecule has 0 aliphatic heterocycles. The predicted octanol–water partition coefficient (Wildman–Crippen LogP) is 2.73. The van der Waals surface area contributed by atoms with Crippen molar-refractivity contribution in [1.29, 1.82) is 0 Å². The van der Waals surface area contributed by atoms with Crippen molar-refractivity contribution in [3.05, 3.63) is 53.9 Å². The van der Waals surface area contributed by atoms with E-state index in [2.05, 4.69) is 46.3 Å². The molecule has 1 aromatic carbocycles. The van der Waals surface area contributed by atoms with Crippen LogP contribution in [0.2, 0.25) is 0 Å². The van der Waals surface area contributed by atoms with E-state index >= 15 is 0 Å². The summed E-state index contributed by atoms with van der Waals surface area (Å²) < 4.78 is 0. The Balaban J connectivity index is 1.86. The Kier molecular flexibility index (Phi) is 7.21. The number of nitrogens with one attached hydrogen (secondary N) is 1. The number of hydrogen-bond acceptors (Lipinski definition) is 5. The molecule has 0 aliphatic carbocycles.